The fraction of sp³-hybridized carbons (Fsp3) is 0.308. The average Bonchev–Trinajstić information content (AvgIpc) is 3.18. The lowest BCUT2D eigenvalue weighted by Gasteiger charge is -2.27. The van der Waals surface area contributed by atoms with Gasteiger partial charge >= 0.3 is 5.97 Å². The number of anilines is 1. The second-order valence-electron chi connectivity index (χ2n) is 8.64. The van der Waals surface area contributed by atoms with E-state index < -0.39 is 12.1 Å². The van der Waals surface area contributed by atoms with Crippen LogP contribution in [0.3, 0.4) is 0 Å². The van der Waals surface area contributed by atoms with Crippen molar-refractivity contribution in [2.75, 3.05) is 25.5 Å². The molecule has 0 aliphatic carbocycles. The number of carbonyl (C=O) groups excluding carboxylic acids is 2. The van der Waals surface area contributed by atoms with E-state index in [0.29, 0.717) is 23.7 Å². The number of esters is 1. The van der Waals surface area contributed by atoms with Crippen molar-refractivity contribution < 1.29 is 19.1 Å². The van der Waals surface area contributed by atoms with Gasteiger partial charge in [0.15, 0.2) is 11.5 Å². The highest BCUT2D eigenvalue weighted by molar-refractivity contribution is 7.16. The number of nitrogens with zero attached hydrogens (tertiary/aromatic N) is 1. The van der Waals surface area contributed by atoms with Gasteiger partial charge in [-0.2, -0.15) is 0 Å². The second-order valence-corrected chi connectivity index (χ2v) is 9.75. The molecule has 0 unspecified atom stereocenters. The van der Waals surface area contributed by atoms with E-state index in [1.807, 2.05) is 38.1 Å². The SMILES string of the molecule is CCOc1cc([C@H]2NC(=O)c3c(sc4c3CCN(C)C4)N2)ccc1OC(=O)c1ccc(C)cc1. The summed E-state index contributed by atoms with van der Waals surface area (Å²) in [7, 11) is 2.10. The number of fused-ring (bicyclic) bond motifs is 3. The third-order valence-corrected chi connectivity index (χ3v) is 7.26. The highest BCUT2D eigenvalue weighted by Crippen LogP contribution is 2.41. The molecule has 0 fully saturated rings. The molecule has 2 aliphatic rings. The molecule has 0 saturated heterocycles. The Hall–Kier alpha value is -3.36. The summed E-state index contributed by atoms with van der Waals surface area (Å²) in [5.41, 5.74) is 4.30. The predicted molar refractivity (Wildman–Crippen MR) is 132 cm³/mol. The first kappa shape index (κ1) is 22.4. The summed E-state index contributed by atoms with van der Waals surface area (Å²) < 4.78 is 11.4. The summed E-state index contributed by atoms with van der Waals surface area (Å²) in [6, 6.07) is 12.6. The van der Waals surface area contributed by atoms with Crippen molar-refractivity contribution in [3.63, 3.8) is 0 Å². The monoisotopic (exact) mass is 477 g/mol. The number of rotatable bonds is 5. The lowest BCUT2D eigenvalue weighted by atomic mass is 10.0. The van der Waals surface area contributed by atoms with Crippen molar-refractivity contribution in [2.24, 2.45) is 0 Å². The van der Waals surface area contributed by atoms with Gasteiger partial charge in [0.05, 0.1) is 17.7 Å². The smallest absolute Gasteiger partial charge is 0.343 e. The second kappa shape index (κ2) is 9.12. The van der Waals surface area contributed by atoms with Gasteiger partial charge in [0.2, 0.25) is 0 Å². The maximum Gasteiger partial charge on any atom is 0.343 e. The molecule has 5 rings (SSSR count). The van der Waals surface area contributed by atoms with Crippen LogP contribution in [-0.4, -0.2) is 37.0 Å². The molecule has 0 saturated carbocycles. The zero-order chi connectivity index (χ0) is 23.8. The first-order chi connectivity index (χ1) is 16.4. The summed E-state index contributed by atoms with van der Waals surface area (Å²) in [4.78, 5) is 29.2. The summed E-state index contributed by atoms with van der Waals surface area (Å²) >= 11 is 1.65. The zero-order valence-electron chi connectivity index (χ0n) is 19.4. The molecular weight excluding hydrogens is 450 g/mol. The number of hydrogen-bond acceptors (Lipinski definition) is 7. The van der Waals surface area contributed by atoms with Gasteiger partial charge in [0, 0.05) is 18.0 Å². The third-order valence-electron chi connectivity index (χ3n) is 6.12. The number of ether oxygens (including phenoxy) is 2. The first-order valence-electron chi connectivity index (χ1n) is 11.4. The summed E-state index contributed by atoms with van der Waals surface area (Å²) in [5.74, 6) is 0.285. The number of thiophene rings is 1. The van der Waals surface area contributed by atoms with Crippen molar-refractivity contribution in [1.29, 1.82) is 0 Å². The van der Waals surface area contributed by atoms with Crippen molar-refractivity contribution in [3.8, 4) is 11.5 Å². The fourth-order valence-corrected chi connectivity index (χ4v) is 5.67. The average molecular weight is 478 g/mol. The fourth-order valence-electron chi connectivity index (χ4n) is 4.32. The minimum atomic E-state index is -0.448. The molecule has 2 aliphatic heterocycles. The normalized spacial score (nSPS) is 17.3. The molecule has 176 valence electrons. The molecule has 1 amide bonds. The van der Waals surface area contributed by atoms with E-state index in [4.69, 9.17) is 9.47 Å². The van der Waals surface area contributed by atoms with Crippen molar-refractivity contribution in [2.45, 2.75) is 33.0 Å². The van der Waals surface area contributed by atoms with Gasteiger partial charge < -0.3 is 25.0 Å². The molecule has 0 spiro atoms. The number of nitrogens with one attached hydrogen (secondary N) is 2. The largest absolute Gasteiger partial charge is 0.490 e. The molecule has 1 atom stereocenters. The lowest BCUT2D eigenvalue weighted by molar-refractivity contribution is 0.0728. The van der Waals surface area contributed by atoms with Crippen LogP contribution >= 0.6 is 11.3 Å². The number of likely N-dealkylation sites (N-methyl/N-ethyl adjacent to an activating group) is 1. The van der Waals surface area contributed by atoms with Gasteiger partial charge in [0.1, 0.15) is 11.2 Å². The Kier molecular flexibility index (Phi) is 6.02. The molecule has 3 heterocycles. The van der Waals surface area contributed by atoms with Crippen molar-refractivity contribution in [3.05, 3.63) is 75.2 Å². The number of aryl methyl sites for hydroxylation is 1. The minimum absolute atomic E-state index is 0.0614. The molecule has 34 heavy (non-hydrogen) atoms. The Morgan fingerprint density at radius 3 is 2.71 bits per heavy atom. The number of amides is 1. The van der Waals surface area contributed by atoms with E-state index in [-0.39, 0.29) is 5.91 Å². The molecule has 7 nitrogen and oxygen atoms in total. The van der Waals surface area contributed by atoms with Crippen LogP contribution in [0.2, 0.25) is 0 Å². The Labute approximate surface area is 202 Å². The Morgan fingerprint density at radius 2 is 1.94 bits per heavy atom. The van der Waals surface area contributed by atoms with Gasteiger partial charge in [-0.1, -0.05) is 23.8 Å². The molecule has 8 heteroatoms. The van der Waals surface area contributed by atoms with Crippen LogP contribution in [0.4, 0.5) is 5.00 Å². The minimum Gasteiger partial charge on any atom is -0.490 e. The lowest BCUT2D eigenvalue weighted by Crippen LogP contribution is -2.38. The quantitative estimate of drug-likeness (QED) is 0.416. The number of benzene rings is 2. The Morgan fingerprint density at radius 1 is 1.15 bits per heavy atom. The van der Waals surface area contributed by atoms with E-state index in [2.05, 4.69) is 22.6 Å². The van der Waals surface area contributed by atoms with Crippen LogP contribution < -0.4 is 20.1 Å². The molecule has 2 aromatic carbocycles. The first-order valence-corrected chi connectivity index (χ1v) is 12.2. The Bertz CT molecular complexity index is 1250. The van der Waals surface area contributed by atoms with E-state index in [9.17, 15) is 9.59 Å². The molecular formula is C26H27N3O4S. The van der Waals surface area contributed by atoms with Gasteiger partial charge in [-0.3, -0.25) is 4.79 Å². The molecule has 3 aromatic rings. The summed E-state index contributed by atoms with van der Waals surface area (Å²) in [6.07, 6.45) is 0.478. The topological polar surface area (TPSA) is 79.9 Å². The van der Waals surface area contributed by atoms with Crippen LogP contribution in [0.15, 0.2) is 42.5 Å². The van der Waals surface area contributed by atoms with Crippen molar-refractivity contribution >= 4 is 28.2 Å². The predicted octanol–water partition coefficient (Wildman–Crippen LogP) is 4.52. The van der Waals surface area contributed by atoms with Crippen LogP contribution in [0, 0.1) is 6.92 Å². The summed E-state index contributed by atoms with van der Waals surface area (Å²) in [5, 5.41) is 7.46. The molecule has 0 bridgehead atoms. The molecule has 0 radical (unpaired) electrons. The Balaban J connectivity index is 1.39. The van der Waals surface area contributed by atoms with Crippen LogP contribution in [0.1, 0.15) is 55.4 Å². The van der Waals surface area contributed by atoms with Crippen LogP contribution in [0.5, 0.6) is 11.5 Å². The van der Waals surface area contributed by atoms with Crippen molar-refractivity contribution in [1.82, 2.24) is 10.2 Å². The van der Waals surface area contributed by atoms with Gasteiger partial charge in [-0.15, -0.1) is 11.3 Å². The molecule has 2 N–H and O–H groups in total. The zero-order valence-corrected chi connectivity index (χ0v) is 20.3. The van der Waals surface area contributed by atoms with E-state index in [1.165, 1.54) is 4.88 Å². The summed E-state index contributed by atoms with van der Waals surface area (Å²) in [6.45, 7) is 6.07. The maximum atomic E-state index is 13.0. The standard InChI is InChI=1S/C26H27N3O4S/c1-4-32-20-13-17(9-10-19(20)33-26(31)16-7-5-15(2)6-8-16)23-27-24(30)22-18-11-12-29(3)14-21(18)34-25(22)28-23/h5-10,13,23,28H,4,11-12,14H2,1-3H3,(H,27,30)/t23-/m0/s1. The maximum absolute atomic E-state index is 13.0. The van der Waals surface area contributed by atoms with E-state index >= 15 is 0 Å². The van der Waals surface area contributed by atoms with Crippen LogP contribution in [0.25, 0.3) is 0 Å². The molecule has 1 aromatic heterocycles. The van der Waals surface area contributed by atoms with Gasteiger partial charge in [-0.25, -0.2) is 4.79 Å². The highest BCUT2D eigenvalue weighted by Gasteiger charge is 2.33. The number of carbonyl (C=O) groups is 2. The van der Waals surface area contributed by atoms with Gasteiger partial charge in [-0.05, 0) is 62.7 Å². The number of hydrogen-bond donors (Lipinski definition) is 2. The van der Waals surface area contributed by atoms with E-state index in [1.54, 1.807) is 29.5 Å². The highest BCUT2D eigenvalue weighted by atomic mass is 32.1. The van der Waals surface area contributed by atoms with E-state index in [0.717, 1.165) is 46.8 Å². The third kappa shape index (κ3) is 4.26. The van der Waals surface area contributed by atoms with Gasteiger partial charge in [0.25, 0.3) is 5.91 Å². The van der Waals surface area contributed by atoms with Crippen LogP contribution in [-0.2, 0) is 13.0 Å².